The third-order valence-electron chi connectivity index (χ3n) is 7.97. The van der Waals surface area contributed by atoms with Crippen molar-refractivity contribution >= 4 is 0 Å². The molecule has 3 heterocycles. The van der Waals surface area contributed by atoms with Gasteiger partial charge >= 0.3 is 11.4 Å². The van der Waals surface area contributed by atoms with E-state index >= 15 is 0 Å². The summed E-state index contributed by atoms with van der Waals surface area (Å²) >= 11 is 0. The van der Waals surface area contributed by atoms with Crippen LogP contribution in [0.1, 0.15) is 45.6 Å². The van der Waals surface area contributed by atoms with Gasteiger partial charge in [-0.15, -0.1) is 0 Å². The zero-order chi connectivity index (χ0) is 18.6. The van der Waals surface area contributed by atoms with Crippen molar-refractivity contribution in [3.8, 4) is 5.69 Å². The molecule has 1 saturated carbocycles. The summed E-state index contributed by atoms with van der Waals surface area (Å²) in [6.45, 7) is 4.46. The first-order valence-electron chi connectivity index (χ1n) is 9.94. The largest absolute Gasteiger partial charge is 0.352 e. The molecule has 5 heteroatoms. The molecule has 5 aliphatic rings. The lowest BCUT2D eigenvalue weighted by Gasteiger charge is -2.69. The van der Waals surface area contributed by atoms with Crippen LogP contribution in [0.5, 0.6) is 0 Å². The molecule has 2 spiro atoms. The minimum atomic E-state index is -0.398. The highest BCUT2D eigenvalue weighted by Crippen LogP contribution is 2.72. The number of allylic oxidation sites excluding steroid dienone is 4. The third kappa shape index (κ3) is 1.41. The Morgan fingerprint density at radius 3 is 2.52 bits per heavy atom. The van der Waals surface area contributed by atoms with Crippen LogP contribution >= 0.6 is 0 Å². The smallest absolute Gasteiger partial charge is 0.245 e. The van der Waals surface area contributed by atoms with Crippen LogP contribution in [0.15, 0.2) is 63.2 Å². The molecule has 0 N–H and O–H groups in total. The van der Waals surface area contributed by atoms with E-state index in [0.717, 1.165) is 19.3 Å². The van der Waals surface area contributed by atoms with E-state index in [0.29, 0.717) is 11.6 Å². The molecule has 1 fully saturated rings. The second-order valence-corrected chi connectivity index (χ2v) is 8.63. The molecule has 27 heavy (non-hydrogen) atoms. The molecule has 0 amide bonds. The van der Waals surface area contributed by atoms with Gasteiger partial charge in [-0.2, -0.15) is 0 Å². The van der Waals surface area contributed by atoms with Crippen LogP contribution in [0, 0.1) is 11.3 Å². The zero-order valence-electron chi connectivity index (χ0n) is 15.7. The molecular formula is C22H23N3O2. The van der Waals surface area contributed by atoms with E-state index in [2.05, 4.69) is 26.0 Å². The Kier molecular flexibility index (Phi) is 2.66. The van der Waals surface area contributed by atoms with E-state index in [1.54, 1.807) is 4.68 Å². The SMILES string of the molecule is CC1=C(C)[C@@]23CCCC[C@@]24C=C[C@@H]([C@H]13)n1c(=O)n(-c2ccccc2)c(=O)n14. The molecule has 138 valence electrons. The van der Waals surface area contributed by atoms with Gasteiger partial charge in [0.1, 0.15) is 0 Å². The van der Waals surface area contributed by atoms with Gasteiger partial charge in [-0.25, -0.2) is 23.5 Å². The van der Waals surface area contributed by atoms with Crippen LogP contribution in [0.4, 0.5) is 0 Å². The first kappa shape index (κ1) is 15.5. The van der Waals surface area contributed by atoms with Crippen molar-refractivity contribution in [1.82, 2.24) is 13.9 Å². The molecule has 2 aromatic rings. The highest BCUT2D eigenvalue weighted by atomic mass is 16.2. The normalized spacial score (nSPS) is 35.5. The highest BCUT2D eigenvalue weighted by molar-refractivity contribution is 5.49. The van der Waals surface area contributed by atoms with Crippen molar-refractivity contribution in [3.63, 3.8) is 0 Å². The van der Waals surface area contributed by atoms with Crippen molar-refractivity contribution < 1.29 is 0 Å². The Labute approximate surface area is 157 Å². The Balaban J connectivity index is 1.72. The monoisotopic (exact) mass is 361 g/mol. The average molecular weight is 361 g/mol. The van der Waals surface area contributed by atoms with Crippen LogP contribution in [0.25, 0.3) is 5.69 Å². The second kappa shape index (κ2) is 4.64. The van der Waals surface area contributed by atoms with E-state index in [9.17, 15) is 9.59 Å². The van der Waals surface area contributed by atoms with Gasteiger partial charge in [0.15, 0.2) is 0 Å². The molecule has 5 nitrogen and oxygen atoms in total. The summed E-state index contributed by atoms with van der Waals surface area (Å²) in [6.07, 6.45) is 8.78. The maximum Gasteiger partial charge on any atom is 0.352 e. The van der Waals surface area contributed by atoms with Gasteiger partial charge in [0.05, 0.1) is 17.3 Å². The molecule has 7 rings (SSSR count). The molecule has 0 radical (unpaired) electrons. The fourth-order valence-electron chi connectivity index (χ4n) is 6.90. The van der Waals surface area contributed by atoms with E-state index in [1.807, 2.05) is 35.0 Å². The topological polar surface area (TPSA) is 48.9 Å². The summed E-state index contributed by atoms with van der Waals surface area (Å²) in [5.41, 5.74) is 2.71. The van der Waals surface area contributed by atoms with Crippen molar-refractivity contribution in [2.24, 2.45) is 11.3 Å². The third-order valence-corrected chi connectivity index (χ3v) is 7.97. The van der Waals surface area contributed by atoms with Gasteiger partial charge in [-0.05, 0) is 38.8 Å². The summed E-state index contributed by atoms with van der Waals surface area (Å²) in [6, 6.07) is 9.26. The van der Waals surface area contributed by atoms with Gasteiger partial charge in [-0.1, -0.05) is 54.3 Å². The summed E-state index contributed by atoms with van der Waals surface area (Å²) in [7, 11) is 0. The molecule has 2 bridgehead atoms. The van der Waals surface area contributed by atoms with Crippen LogP contribution in [-0.4, -0.2) is 13.9 Å². The number of benzene rings is 1. The highest BCUT2D eigenvalue weighted by Gasteiger charge is 2.70. The van der Waals surface area contributed by atoms with Gasteiger partial charge < -0.3 is 0 Å². The van der Waals surface area contributed by atoms with E-state index < -0.39 is 5.54 Å². The Morgan fingerprint density at radius 2 is 1.74 bits per heavy atom. The van der Waals surface area contributed by atoms with Crippen molar-refractivity contribution in [3.05, 3.63) is 74.6 Å². The Morgan fingerprint density at radius 1 is 1.00 bits per heavy atom. The summed E-state index contributed by atoms with van der Waals surface area (Å²) < 4.78 is 4.96. The standard InChI is InChI=1S/C22H23N3O2/c1-14-15(2)22-12-7-6-11-21(22)13-10-17(18(14)22)24-19(26)23(20(27)25(21)24)16-8-4-3-5-9-16/h3-5,8-10,13,17-18H,6-7,11-12H2,1-2H3/t17-,18-,21+,22+/m0/s1. The van der Waals surface area contributed by atoms with Crippen molar-refractivity contribution in [2.45, 2.75) is 51.1 Å². The fraction of sp³-hybridized carbons (Fsp3) is 0.455. The maximum absolute atomic E-state index is 13.6. The lowest BCUT2D eigenvalue weighted by molar-refractivity contribution is -0.0857. The predicted molar refractivity (Wildman–Crippen MR) is 103 cm³/mol. The lowest BCUT2D eigenvalue weighted by atomic mass is 9.40. The van der Waals surface area contributed by atoms with E-state index in [1.165, 1.54) is 22.1 Å². The maximum atomic E-state index is 13.6. The van der Waals surface area contributed by atoms with Crippen LogP contribution in [0.2, 0.25) is 0 Å². The lowest BCUT2D eigenvalue weighted by Crippen LogP contribution is -2.71. The number of hydrogen-bond donors (Lipinski definition) is 0. The number of nitrogens with zero attached hydrogens (tertiary/aromatic N) is 3. The molecule has 0 unspecified atom stereocenters. The Bertz CT molecular complexity index is 1160. The second-order valence-electron chi connectivity index (χ2n) is 8.63. The predicted octanol–water partition coefficient (Wildman–Crippen LogP) is 3.15. The molecule has 1 aromatic heterocycles. The van der Waals surface area contributed by atoms with Crippen LogP contribution < -0.4 is 11.4 Å². The van der Waals surface area contributed by atoms with Crippen LogP contribution in [0.3, 0.4) is 0 Å². The minimum Gasteiger partial charge on any atom is -0.245 e. The molecule has 3 aliphatic carbocycles. The quantitative estimate of drug-likeness (QED) is 0.733. The number of para-hydroxylation sites is 1. The number of hydrogen-bond acceptors (Lipinski definition) is 2. The van der Waals surface area contributed by atoms with Crippen molar-refractivity contribution in [2.75, 3.05) is 0 Å². The number of rotatable bonds is 1. The van der Waals surface area contributed by atoms with Gasteiger partial charge in [0.25, 0.3) is 0 Å². The first-order valence-corrected chi connectivity index (χ1v) is 9.94. The van der Waals surface area contributed by atoms with Crippen LogP contribution in [-0.2, 0) is 5.54 Å². The van der Waals surface area contributed by atoms with Crippen molar-refractivity contribution in [1.29, 1.82) is 0 Å². The van der Waals surface area contributed by atoms with E-state index in [-0.39, 0.29) is 22.8 Å². The first-order chi connectivity index (χ1) is 13.0. The fourth-order valence-corrected chi connectivity index (χ4v) is 6.90. The minimum absolute atomic E-state index is 0.00783. The summed E-state index contributed by atoms with van der Waals surface area (Å²) in [4.78, 5) is 27.0. The van der Waals surface area contributed by atoms with E-state index in [4.69, 9.17) is 0 Å². The zero-order valence-corrected chi connectivity index (χ0v) is 15.7. The molecule has 1 aromatic carbocycles. The molecular weight excluding hydrogens is 338 g/mol. The summed E-state index contributed by atoms with van der Waals surface area (Å²) in [5.74, 6) is 0.339. The molecule has 2 aliphatic heterocycles. The average Bonchev–Trinajstić information content (AvgIpc) is 2.99. The molecule has 0 saturated heterocycles. The number of aromatic nitrogens is 3. The van der Waals surface area contributed by atoms with Gasteiger partial charge in [0, 0.05) is 11.3 Å². The molecule has 4 atom stereocenters. The van der Waals surface area contributed by atoms with Gasteiger partial charge in [-0.3, -0.25) is 0 Å². The Hall–Kier alpha value is -2.56. The van der Waals surface area contributed by atoms with Gasteiger partial charge in [0.2, 0.25) is 0 Å². The summed E-state index contributed by atoms with van der Waals surface area (Å²) in [5, 5.41) is 0.